The van der Waals surface area contributed by atoms with Crippen LogP contribution in [-0.2, 0) is 10.0 Å². The molecule has 5 rings (SSSR count). The van der Waals surface area contributed by atoms with Crippen LogP contribution in [0.3, 0.4) is 0 Å². The van der Waals surface area contributed by atoms with Crippen molar-refractivity contribution >= 4 is 33.0 Å². The van der Waals surface area contributed by atoms with Crippen LogP contribution in [0, 0.1) is 5.92 Å². The number of amides is 1. The third-order valence-electron chi connectivity index (χ3n) is 6.82. The van der Waals surface area contributed by atoms with E-state index in [1.165, 1.54) is 17.5 Å². The number of carbonyl (C=O) groups excluding carboxylic acids is 1. The highest BCUT2D eigenvalue weighted by atomic mass is 32.2. The number of thiazole rings is 1. The average Bonchev–Trinajstić information content (AvgIpc) is 3.60. The zero-order chi connectivity index (χ0) is 26.9. The molecule has 3 heterocycles. The third-order valence-corrected chi connectivity index (χ3v) is 9.71. The van der Waals surface area contributed by atoms with Crippen LogP contribution >= 0.6 is 11.3 Å². The Morgan fingerprint density at radius 3 is 2.71 bits per heavy atom. The largest absolute Gasteiger partial charge is 0.477 e. The van der Waals surface area contributed by atoms with Gasteiger partial charge < -0.3 is 15.0 Å². The molecule has 0 aromatic carbocycles. The van der Waals surface area contributed by atoms with Gasteiger partial charge >= 0.3 is 0 Å². The Labute approximate surface area is 226 Å². The van der Waals surface area contributed by atoms with Crippen molar-refractivity contribution in [2.45, 2.75) is 49.9 Å². The Balaban J connectivity index is 1.36. The number of hydrogen-bond acceptors (Lipinski definition) is 10. The molecule has 38 heavy (non-hydrogen) atoms. The van der Waals surface area contributed by atoms with Crippen molar-refractivity contribution < 1.29 is 17.9 Å². The summed E-state index contributed by atoms with van der Waals surface area (Å²) in [6, 6.07) is 3.38. The highest BCUT2D eigenvalue weighted by Gasteiger charge is 2.39. The van der Waals surface area contributed by atoms with Crippen LogP contribution < -0.4 is 14.8 Å². The molecule has 202 valence electrons. The van der Waals surface area contributed by atoms with Crippen molar-refractivity contribution in [3.63, 3.8) is 0 Å². The molecule has 0 aliphatic heterocycles. The SMILES string of the molecule is CCOc1cncc(-c2cnc(C(=O)N[C@@H](c3cc(NS(=O)(=O)C4CC4)ccn3)C3CC(N(C)C)C3)s2)n1. The minimum absolute atomic E-state index is 0.155. The molecule has 1 atom stereocenters. The summed E-state index contributed by atoms with van der Waals surface area (Å²) in [6.07, 6.45) is 9.46. The molecular formula is C25H31N7O4S2. The first-order chi connectivity index (χ1) is 18.2. The second kappa shape index (κ2) is 10.9. The molecule has 3 aromatic rings. The summed E-state index contributed by atoms with van der Waals surface area (Å²) in [5.41, 5.74) is 1.65. The monoisotopic (exact) mass is 557 g/mol. The quantitative estimate of drug-likeness (QED) is 0.364. The zero-order valence-electron chi connectivity index (χ0n) is 21.5. The summed E-state index contributed by atoms with van der Waals surface area (Å²) in [6.45, 7) is 2.35. The lowest BCUT2D eigenvalue weighted by atomic mass is 9.74. The number of nitrogens with zero attached hydrogens (tertiary/aromatic N) is 5. The van der Waals surface area contributed by atoms with E-state index in [4.69, 9.17) is 4.74 Å². The van der Waals surface area contributed by atoms with E-state index in [9.17, 15) is 13.2 Å². The van der Waals surface area contributed by atoms with Crippen molar-refractivity contribution in [2.24, 2.45) is 5.92 Å². The topological polar surface area (TPSA) is 139 Å². The molecule has 2 N–H and O–H groups in total. The van der Waals surface area contributed by atoms with Gasteiger partial charge in [-0.2, -0.15) is 0 Å². The number of anilines is 1. The first kappa shape index (κ1) is 26.4. The Kier molecular flexibility index (Phi) is 7.59. The van der Waals surface area contributed by atoms with Crippen molar-refractivity contribution in [2.75, 3.05) is 25.4 Å². The molecule has 2 saturated carbocycles. The van der Waals surface area contributed by atoms with Crippen molar-refractivity contribution in [1.82, 2.24) is 30.2 Å². The van der Waals surface area contributed by atoms with E-state index in [1.54, 1.807) is 30.7 Å². The highest BCUT2D eigenvalue weighted by Crippen LogP contribution is 2.40. The number of pyridine rings is 1. The molecule has 2 aliphatic carbocycles. The third kappa shape index (κ3) is 5.94. The maximum Gasteiger partial charge on any atom is 0.280 e. The van der Waals surface area contributed by atoms with Gasteiger partial charge in [0.25, 0.3) is 5.91 Å². The van der Waals surface area contributed by atoms with Gasteiger partial charge in [-0.3, -0.25) is 19.5 Å². The number of sulfonamides is 1. The molecule has 2 fully saturated rings. The number of aromatic nitrogens is 4. The fourth-order valence-corrected chi connectivity index (χ4v) is 6.60. The molecule has 0 bridgehead atoms. The fraction of sp³-hybridized carbons (Fsp3) is 0.480. The van der Waals surface area contributed by atoms with Gasteiger partial charge in [0, 0.05) is 18.4 Å². The van der Waals surface area contributed by atoms with E-state index >= 15 is 0 Å². The van der Waals surface area contributed by atoms with Crippen LogP contribution in [0.2, 0.25) is 0 Å². The van der Waals surface area contributed by atoms with E-state index in [0.29, 0.717) is 58.3 Å². The molecule has 0 spiro atoms. The zero-order valence-corrected chi connectivity index (χ0v) is 23.1. The molecule has 13 heteroatoms. The predicted octanol–water partition coefficient (Wildman–Crippen LogP) is 3.11. The minimum Gasteiger partial charge on any atom is -0.477 e. The normalized spacial score (nSPS) is 20.0. The van der Waals surface area contributed by atoms with Gasteiger partial charge in [0.1, 0.15) is 5.69 Å². The van der Waals surface area contributed by atoms with Gasteiger partial charge in [-0.25, -0.2) is 18.4 Å². The number of nitrogens with one attached hydrogen (secondary N) is 2. The highest BCUT2D eigenvalue weighted by molar-refractivity contribution is 7.93. The lowest BCUT2D eigenvalue weighted by Crippen LogP contribution is -2.47. The van der Waals surface area contributed by atoms with Gasteiger partial charge in [-0.1, -0.05) is 0 Å². The maximum absolute atomic E-state index is 13.3. The second-order valence-corrected chi connectivity index (χ2v) is 12.8. The van der Waals surface area contributed by atoms with Crippen LogP contribution in [0.5, 0.6) is 5.88 Å². The second-order valence-electron chi connectivity index (χ2n) is 9.82. The molecule has 11 nitrogen and oxygen atoms in total. The smallest absolute Gasteiger partial charge is 0.280 e. The van der Waals surface area contributed by atoms with E-state index in [0.717, 1.165) is 12.8 Å². The van der Waals surface area contributed by atoms with E-state index < -0.39 is 16.1 Å². The number of rotatable bonds is 11. The predicted molar refractivity (Wildman–Crippen MR) is 145 cm³/mol. The van der Waals surface area contributed by atoms with Crippen LogP contribution in [0.4, 0.5) is 5.69 Å². The van der Waals surface area contributed by atoms with E-state index in [1.807, 2.05) is 21.0 Å². The van der Waals surface area contributed by atoms with E-state index in [2.05, 4.69) is 34.9 Å². The van der Waals surface area contributed by atoms with Gasteiger partial charge in [0.15, 0.2) is 5.01 Å². The molecular weight excluding hydrogens is 526 g/mol. The summed E-state index contributed by atoms with van der Waals surface area (Å²) in [7, 11) is 0.673. The van der Waals surface area contributed by atoms with Gasteiger partial charge in [0.05, 0.1) is 46.6 Å². The molecule has 1 amide bonds. The summed E-state index contributed by atoms with van der Waals surface area (Å²) >= 11 is 1.22. The number of hydrogen-bond donors (Lipinski definition) is 2. The molecule has 0 unspecified atom stereocenters. The molecule has 0 saturated heterocycles. The van der Waals surface area contributed by atoms with Gasteiger partial charge in [-0.05, 0) is 64.8 Å². The summed E-state index contributed by atoms with van der Waals surface area (Å²) in [5.74, 6) is 0.245. The Morgan fingerprint density at radius 1 is 1.21 bits per heavy atom. The molecule has 2 aliphatic rings. The summed E-state index contributed by atoms with van der Waals surface area (Å²) in [5, 5.41) is 3.08. The number of carbonyl (C=O) groups is 1. The first-order valence-corrected chi connectivity index (χ1v) is 15.0. The first-order valence-electron chi connectivity index (χ1n) is 12.6. The Morgan fingerprint density at radius 2 is 2.00 bits per heavy atom. The van der Waals surface area contributed by atoms with Crippen LogP contribution in [0.25, 0.3) is 10.6 Å². The lowest BCUT2D eigenvalue weighted by molar-refractivity contribution is 0.0757. The Bertz CT molecular complexity index is 1400. The maximum atomic E-state index is 13.3. The van der Waals surface area contributed by atoms with Crippen LogP contribution in [-0.4, -0.2) is 71.2 Å². The standard InChI is InChI=1S/C25H31N7O4S2/c1-4-36-22-14-26-12-20(29-22)21-13-28-25(37-21)24(33)30-23(15-9-17(10-15)32(2)3)19-11-16(7-8-27-19)31-38(34,35)18-5-6-18/h7-8,11-15,17-18,23H,4-6,9-10H2,1-3H3,(H,27,31)(H,30,33)/t15?,17?,23-/m1/s1. The van der Waals surface area contributed by atoms with Crippen LogP contribution in [0.15, 0.2) is 36.9 Å². The molecule has 3 aromatic heterocycles. The molecule has 0 radical (unpaired) electrons. The van der Waals surface area contributed by atoms with Crippen molar-refractivity contribution in [3.05, 3.63) is 47.6 Å². The minimum atomic E-state index is -3.41. The Hall–Kier alpha value is -3.16. The van der Waals surface area contributed by atoms with Crippen molar-refractivity contribution in [3.8, 4) is 16.5 Å². The average molecular weight is 558 g/mol. The lowest BCUT2D eigenvalue weighted by Gasteiger charge is -2.43. The van der Waals surface area contributed by atoms with Crippen LogP contribution in [0.1, 0.15) is 54.1 Å². The van der Waals surface area contributed by atoms with Crippen molar-refractivity contribution in [1.29, 1.82) is 0 Å². The van der Waals surface area contributed by atoms with Gasteiger partial charge in [-0.15, -0.1) is 11.3 Å². The van der Waals surface area contributed by atoms with Gasteiger partial charge in [0.2, 0.25) is 15.9 Å². The number of ether oxygens (including phenoxy) is 1. The fourth-order valence-electron chi connectivity index (χ4n) is 4.45. The van der Waals surface area contributed by atoms with E-state index in [-0.39, 0.29) is 17.1 Å². The summed E-state index contributed by atoms with van der Waals surface area (Å²) in [4.78, 5) is 33.7. The summed E-state index contributed by atoms with van der Waals surface area (Å²) < 4.78 is 33.0.